The van der Waals surface area contributed by atoms with Gasteiger partial charge in [-0.05, 0) is 25.5 Å². The zero-order valence-corrected chi connectivity index (χ0v) is 14.2. The van der Waals surface area contributed by atoms with E-state index in [0.717, 1.165) is 4.68 Å². The number of nitrogens with zero attached hydrogens (tertiary/aromatic N) is 3. The Labute approximate surface area is 147 Å². The standard InChI is InChI=1S/C17H19F3N4O2/c1-21-15(25)14-12-6-2-3-7-13(12)16(26)24(22-14)10-23-8-4-5-11(9-23)17(18,19)20/h2-3,6-7,11H,4-5,8-10H2,1H3,(H,21,25)/t11-/m1/s1. The minimum atomic E-state index is -4.26. The number of piperidine rings is 1. The summed E-state index contributed by atoms with van der Waals surface area (Å²) < 4.78 is 40.1. The molecule has 26 heavy (non-hydrogen) atoms. The van der Waals surface area contributed by atoms with Crippen molar-refractivity contribution in [3.8, 4) is 0 Å². The summed E-state index contributed by atoms with van der Waals surface area (Å²) in [6, 6.07) is 6.57. The van der Waals surface area contributed by atoms with E-state index in [9.17, 15) is 22.8 Å². The molecule has 1 aromatic carbocycles. The van der Waals surface area contributed by atoms with E-state index in [0.29, 0.717) is 23.7 Å². The van der Waals surface area contributed by atoms with Crippen molar-refractivity contribution in [1.29, 1.82) is 0 Å². The van der Waals surface area contributed by atoms with Gasteiger partial charge in [-0.15, -0.1) is 0 Å². The molecule has 6 nitrogen and oxygen atoms in total. The molecule has 1 amide bonds. The smallest absolute Gasteiger partial charge is 0.354 e. The maximum Gasteiger partial charge on any atom is 0.393 e. The lowest BCUT2D eigenvalue weighted by molar-refractivity contribution is -0.188. The number of amides is 1. The maximum atomic E-state index is 13.0. The van der Waals surface area contributed by atoms with Crippen LogP contribution in [0.3, 0.4) is 0 Å². The first kappa shape index (κ1) is 18.4. The van der Waals surface area contributed by atoms with Crippen LogP contribution >= 0.6 is 0 Å². The van der Waals surface area contributed by atoms with E-state index in [1.54, 1.807) is 29.2 Å². The SMILES string of the molecule is CNC(=O)c1nn(CN2CCC[C@@H](C(F)(F)F)C2)c(=O)c2ccccc12. The number of halogens is 3. The normalized spacial score (nSPS) is 18.8. The van der Waals surface area contributed by atoms with Crippen LogP contribution in [0, 0.1) is 5.92 Å². The van der Waals surface area contributed by atoms with E-state index in [1.165, 1.54) is 7.05 Å². The van der Waals surface area contributed by atoms with Gasteiger partial charge in [-0.25, -0.2) is 4.68 Å². The lowest BCUT2D eigenvalue weighted by atomic mass is 9.98. The summed E-state index contributed by atoms with van der Waals surface area (Å²) >= 11 is 0. The number of likely N-dealkylation sites (tertiary alicyclic amines) is 1. The highest BCUT2D eigenvalue weighted by molar-refractivity contribution is 6.04. The van der Waals surface area contributed by atoms with E-state index in [1.807, 2.05) is 0 Å². The van der Waals surface area contributed by atoms with Crippen molar-refractivity contribution < 1.29 is 18.0 Å². The molecule has 0 spiro atoms. The van der Waals surface area contributed by atoms with E-state index < -0.39 is 23.6 Å². The second-order valence-corrected chi connectivity index (χ2v) is 6.38. The van der Waals surface area contributed by atoms with Gasteiger partial charge >= 0.3 is 6.18 Å². The van der Waals surface area contributed by atoms with Gasteiger partial charge in [-0.2, -0.15) is 18.3 Å². The Morgan fingerprint density at radius 2 is 2.00 bits per heavy atom. The molecule has 1 saturated heterocycles. The van der Waals surface area contributed by atoms with Crippen molar-refractivity contribution in [2.24, 2.45) is 5.92 Å². The quantitative estimate of drug-likeness (QED) is 0.900. The third-order valence-corrected chi connectivity index (χ3v) is 4.61. The Morgan fingerprint density at radius 1 is 1.31 bits per heavy atom. The van der Waals surface area contributed by atoms with E-state index >= 15 is 0 Å². The molecule has 1 atom stereocenters. The third kappa shape index (κ3) is 3.57. The van der Waals surface area contributed by atoms with Crippen LogP contribution in [0.25, 0.3) is 10.8 Å². The van der Waals surface area contributed by atoms with E-state index in [-0.39, 0.29) is 25.3 Å². The van der Waals surface area contributed by atoms with Crippen molar-refractivity contribution in [1.82, 2.24) is 20.0 Å². The number of benzene rings is 1. The molecule has 0 radical (unpaired) electrons. The van der Waals surface area contributed by atoms with Gasteiger partial charge in [-0.3, -0.25) is 14.5 Å². The van der Waals surface area contributed by atoms with Crippen molar-refractivity contribution >= 4 is 16.7 Å². The molecular weight excluding hydrogens is 349 g/mol. The van der Waals surface area contributed by atoms with Crippen molar-refractivity contribution in [2.45, 2.75) is 25.7 Å². The molecule has 1 aliphatic heterocycles. The molecule has 1 fully saturated rings. The van der Waals surface area contributed by atoms with Crippen LogP contribution in [0.4, 0.5) is 13.2 Å². The second kappa shape index (κ2) is 7.06. The van der Waals surface area contributed by atoms with E-state index in [4.69, 9.17) is 0 Å². The summed E-state index contributed by atoms with van der Waals surface area (Å²) in [6.07, 6.45) is -3.77. The fourth-order valence-electron chi connectivity index (χ4n) is 3.26. The molecule has 1 N–H and O–H groups in total. The largest absolute Gasteiger partial charge is 0.393 e. The van der Waals surface area contributed by atoms with E-state index in [2.05, 4.69) is 10.4 Å². The highest BCUT2D eigenvalue weighted by atomic mass is 19.4. The monoisotopic (exact) mass is 368 g/mol. The van der Waals surface area contributed by atoms with Gasteiger partial charge in [-0.1, -0.05) is 18.2 Å². The molecule has 140 valence electrons. The summed E-state index contributed by atoms with van der Waals surface area (Å²) in [7, 11) is 1.45. The highest BCUT2D eigenvalue weighted by Crippen LogP contribution is 2.33. The minimum absolute atomic E-state index is 0.0760. The highest BCUT2D eigenvalue weighted by Gasteiger charge is 2.41. The predicted octanol–water partition coefficient (Wildman–Crippen LogP) is 1.99. The Kier molecular flexibility index (Phi) is 4.99. The Hall–Kier alpha value is -2.42. The maximum absolute atomic E-state index is 13.0. The number of carbonyl (C=O) groups is 1. The molecule has 2 heterocycles. The zero-order valence-electron chi connectivity index (χ0n) is 14.2. The van der Waals surface area contributed by atoms with Crippen LogP contribution in [0.15, 0.2) is 29.1 Å². The number of rotatable bonds is 3. The Bertz CT molecular complexity index is 878. The molecule has 3 rings (SSSR count). The van der Waals surface area contributed by atoms with Gasteiger partial charge in [0, 0.05) is 19.0 Å². The molecule has 0 aliphatic carbocycles. The number of nitrogens with one attached hydrogen (secondary N) is 1. The Balaban J connectivity index is 1.96. The van der Waals surface area contributed by atoms with Crippen LogP contribution < -0.4 is 10.9 Å². The third-order valence-electron chi connectivity index (χ3n) is 4.61. The van der Waals surface area contributed by atoms with Gasteiger partial charge < -0.3 is 5.32 Å². The molecule has 2 aromatic rings. The summed E-state index contributed by atoms with van der Waals surface area (Å²) in [6.45, 7) is 0.183. The number of aromatic nitrogens is 2. The lowest BCUT2D eigenvalue weighted by Gasteiger charge is -2.33. The molecule has 0 bridgehead atoms. The Morgan fingerprint density at radius 3 is 2.65 bits per heavy atom. The molecular formula is C17H19F3N4O2. The topological polar surface area (TPSA) is 67.2 Å². The van der Waals surface area contributed by atoms with Gasteiger partial charge in [0.1, 0.15) is 0 Å². The second-order valence-electron chi connectivity index (χ2n) is 6.38. The van der Waals surface area contributed by atoms with Crippen molar-refractivity contribution in [3.63, 3.8) is 0 Å². The predicted molar refractivity (Wildman–Crippen MR) is 89.7 cm³/mol. The van der Waals surface area contributed by atoms with Gasteiger partial charge in [0.15, 0.2) is 5.69 Å². The number of hydrogen-bond donors (Lipinski definition) is 1. The van der Waals surface area contributed by atoms with Crippen LogP contribution in [0.5, 0.6) is 0 Å². The fourth-order valence-corrected chi connectivity index (χ4v) is 3.26. The van der Waals surface area contributed by atoms with Crippen molar-refractivity contribution in [2.75, 3.05) is 20.1 Å². The van der Waals surface area contributed by atoms with Crippen LogP contribution in [0.1, 0.15) is 23.3 Å². The number of carbonyl (C=O) groups excluding carboxylic acids is 1. The van der Waals surface area contributed by atoms with Crippen LogP contribution in [-0.4, -0.2) is 46.9 Å². The van der Waals surface area contributed by atoms with Crippen molar-refractivity contribution in [3.05, 3.63) is 40.3 Å². The van der Waals surface area contributed by atoms with Crippen LogP contribution in [-0.2, 0) is 6.67 Å². The van der Waals surface area contributed by atoms with Gasteiger partial charge in [0.25, 0.3) is 11.5 Å². The van der Waals surface area contributed by atoms with Gasteiger partial charge in [0.05, 0.1) is 18.0 Å². The lowest BCUT2D eigenvalue weighted by Crippen LogP contribution is -2.44. The number of alkyl halides is 3. The summed E-state index contributed by atoms with van der Waals surface area (Å²) in [4.78, 5) is 26.3. The first-order valence-corrected chi connectivity index (χ1v) is 8.32. The molecule has 0 unspecified atom stereocenters. The fraction of sp³-hybridized carbons (Fsp3) is 0.471. The average Bonchev–Trinajstić information content (AvgIpc) is 2.63. The van der Waals surface area contributed by atoms with Gasteiger partial charge in [0.2, 0.25) is 0 Å². The van der Waals surface area contributed by atoms with Crippen LogP contribution in [0.2, 0.25) is 0 Å². The minimum Gasteiger partial charge on any atom is -0.354 e. The summed E-state index contributed by atoms with van der Waals surface area (Å²) in [5.41, 5.74) is -0.352. The number of hydrogen-bond acceptors (Lipinski definition) is 4. The molecule has 1 aliphatic rings. The molecule has 1 aromatic heterocycles. The summed E-state index contributed by atoms with van der Waals surface area (Å²) in [5, 5.41) is 7.32. The molecule has 9 heteroatoms. The average molecular weight is 368 g/mol. The summed E-state index contributed by atoms with van der Waals surface area (Å²) in [5.74, 6) is -1.87. The number of fused-ring (bicyclic) bond motifs is 1. The zero-order chi connectivity index (χ0) is 18.9. The first-order chi connectivity index (χ1) is 12.3. The molecule has 0 saturated carbocycles. The first-order valence-electron chi connectivity index (χ1n) is 8.32.